The normalized spacial score (nSPS) is 19.8. The van der Waals surface area contributed by atoms with E-state index in [4.69, 9.17) is 5.73 Å². The fourth-order valence-corrected chi connectivity index (χ4v) is 4.62. The Bertz CT molecular complexity index is 621. The van der Waals surface area contributed by atoms with Gasteiger partial charge in [0.15, 0.2) is 0 Å². The predicted octanol–water partition coefficient (Wildman–Crippen LogP) is 4.65. The summed E-state index contributed by atoms with van der Waals surface area (Å²) < 4.78 is 1.10. The van der Waals surface area contributed by atoms with Crippen molar-refractivity contribution in [1.29, 1.82) is 0 Å². The highest BCUT2D eigenvalue weighted by Crippen LogP contribution is 2.37. The van der Waals surface area contributed by atoms with Crippen LogP contribution in [0.5, 0.6) is 0 Å². The molecule has 0 spiro atoms. The third kappa shape index (κ3) is 2.41. The molecular weight excluding hydrogens is 332 g/mol. The zero-order valence-corrected chi connectivity index (χ0v) is 14.2. The van der Waals surface area contributed by atoms with Crippen LogP contribution in [0.25, 0.3) is 0 Å². The second-order valence-electron chi connectivity index (χ2n) is 5.41. The molecule has 0 bridgehead atoms. The maximum atomic E-state index is 5.98. The van der Waals surface area contributed by atoms with Gasteiger partial charge in [-0.05, 0) is 55.0 Å². The number of nitrogens with zero attached hydrogens (tertiary/aromatic N) is 1. The first-order valence-electron chi connectivity index (χ1n) is 6.96. The van der Waals surface area contributed by atoms with E-state index in [1.807, 2.05) is 18.3 Å². The zero-order valence-electron chi connectivity index (χ0n) is 11.8. The van der Waals surface area contributed by atoms with Gasteiger partial charge in [-0.15, -0.1) is 11.3 Å². The molecular formula is C16H19BrN2S. The lowest BCUT2D eigenvalue weighted by atomic mass is 10.00. The molecule has 1 unspecified atom stereocenters. The highest BCUT2D eigenvalue weighted by atomic mass is 79.9. The van der Waals surface area contributed by atoms with Crippen LogP contribution in [-0.4, -0.2) is 6.54 Å². The second kappa shape index (κ2) is 5.51. The van der Waals surface area contributed by atoms with E-state index < -0.39 is 0 Å². The van der Waals surface area contributed by atoms with Gasteiger partial charge in [0.1, 0.15) is 0 Å². The Morgan fingerprint density at radius 3 is 2.90 bits per heavy atom. The van der Waals surface area contributed by atoms with Gasteiger partial charge < -0.3 is 10.6 Å². The summed E-state index contributed by atoms with van der Waals surface area (Å²) in [7, 11) is 0. The molecule has 2 aromatic rings. The third-order valence-corrected chi connectivity index (χ3v) is 5.77. The van der Waals surface area contributed by atoms with Crippen LogP contribution in [0.15, 0.2) is 34.1 Å². The highest BCUT2D eigenvalue weighted by molar-refractivity contribution is 9.10. The number of fused-ring (bicyclic) bond motifs is 1. The van der Waals surface area contributed by atoms with Gasteiger partial charge in [0, 0.05) is 27.6 Å². The number of hydrogen-bond acceptors (Lipinski definition) is 3. The summed E-state index contributed by atoms with van der Waals surface area (Å²) in [6.45, 7) is 5.39. The van der Waals surface area contributed by atoms with Gasteiger partial charge in [0.05, 0.1) is 6.04 Å². The van der Waals surface area contributed by atoms with Crippen LogP contribution >= 0.6 is 27.3 Å². The molecule has 2 heterocycles. The lowest BCUT2D eigenvalue weighted by molar-refractivity contribution is 0.632. The molecule has 106 valence electrons. The maximum absolute atomic E-state index is 5.98. The Kier molecular flexibility index (Phi) is 3.89. The van der Waals surface area contributed by atoms with Crippen LogP contribution in [0.1, 0.15) is 41.9 Å². The average Bonchev–Trinajstić information content (AvgIpc) is 2.87. The van der Waals surface area contributed by atoms with E-state index in [0.717, 1.165) is 23.0 Å². The van der Waals surface area contributed by atoms with Gasteiger partial charge in [-0.1, -0.05) is 22.0 Å². The Morgan fingerprint density at radius 2 is 2.20 bits per heavy atom. The summed E-state index contributed by atoms with van der Waals surface area (Å²) in [4.78, 5) is 4.02. The smallest absolute Gasteiger partial charge is 0.0525 e. The van der Waals surface area contributed by atoms with E-state index >= 15 is 0 Å². The van der Waals surface area contributed by atoms with Gasteiger partial charge in [-0.3, -0.25) is 0 Å². The molecule has 0 amide bonds. The molecule has 0 saturated heterocycles. The summed E-state index contributed by atoms with van der Waals surface area (Å²) >= 11 is 5.54. The van der Waals surface area contributed by atoms with Crippen molar-refractivity contribution < 1.29 is 0 Å². The van der Waals surface area contributed by atoms with Gasteiger partial charge in [-0.2, -0.15) is 0 Å². The number of anilines is 1. The second-order valence-corrected chi connectivity index (χ2v) is 7.27. The third-order valence-electron chi connectivity index (χ3n) is 4.08. The van der Waals surface area contributed by atoms with Crippen LogP contribution < -0.4 is 10.6 Å². The summed E-state index contributed by atoms with van der Waals surface area (Å²) in [5.41, 5.74) is 9.89. The summed E-state index contributed by atoms with van der Waals surface area (Å²) in [6, 6.07) is 9.30. The molecule has 2 atom stereocenters. The number of benzene rings is 1. The maximum Gasteiger partial charge on any atom is 0.0525 e. The quantitative estimate of drug-likeness (QED) is 0.853. The summed E-state index contributed by atoms with van der Waals surface area (Å²) in [5, 5.41) is 2.21. The topological polar surface area (TPSA) is 29.3 Å². The van der Waals surface area contributed by atoms with E-state index in [1.54, 1.807) is 4.88 Å². The Morgan fingerprint density at radius 1 is 1.40 bits per heavy atom. The van der Waals surface area contributed by atoms with Crippen LogP contribution in [0.2, 0.25) is 0 Å². The van der Waals surface area contributed by atoms with Gasteiger partial charge in [0.2, 0.25) is 0 Å². The van der Waals surface area contributed by atoms with Gasteiger partial charge in [0.25, 0.3) is 0 Å². The van der Waals surface area contributed by atoms with Crippen LogP contribution in [0.4, 0.5) is 5.69 Å². The van der Waals surface area contributed by atoms with Crippen LogP contribution in [-0.2, 0) is 6.42 Å². The van der Waals surface area contributed by atoms with Crippen LogP contribution in [0, 0.1) is 0 Å². The zero-order chi connectivity index (χ0) is 14.3. The Hall–Kier alpha value is -0.840. The number of thiophene rings is 1. The molecule has 0 aliphatic carbocycles. The molecule has 1 aliphatic heterocycles. The molecule has 1 aromatic carbocycles. The molecule has 20 heavy (non-hydrogen) atoms. The Balaban J connectivity index is 1.93. The van der Waals surface area contributed by atoms with E-state index in [-0.39, 0.29) is 6.04 Å². The average molecular weight is 351 g/mol. The van der Waals surface area contributed by atoms with Crippen molar-refractivity contribution in [2.75, 3.05) is 11.4 Å². The minimum absolute atomic E-state index is 0.0562. The number of halogens is 1. The molecule has 2 N–H and O–H groups in total. The minimum Gasteiger partial charge on any atom is -0.364 e. The van der Waals surface area contributed by atoms with Crippen molar-refractivity contribution in [3.8, 4) is 0 Å². The van der Waals surface area contributed by atoms with Gasteiger partial charge >= 0.3 is 0 Å². The van der Waals surface area contributed by atoms with Crippen molar-refractivity contribution in [2.24, 2.45) is 5.73 Å². The van der Waals surface area contributed by atoms with Crippen molar-refractivity contribution in [2.45, 2.75) is 32.4 Å². The highest BCUT2D eigenvalue weighted by Gasteiger charge is 2.25. The standard InChI is InChI=1S/C16H19BrN2S/c1-10(18)13-4-3-12(9-15(13)17)19-7-5-16-14(11(19)2)6-8-20-16/h3-4,6,8-11H,5,7,18H2,1-2H3/t10-,11?/m0/s1. The fourth-order valence-electron chi connectivity index (χ4n) is 2.93. The Labute approximate surface area is 132 Å². The number of hydrogen-bond donors (Lipinski definition) is 1. The van der Waals surface area contributed by atoms with Crippen molar-refractivity contribution in [3.05, 3.63) is 50.1 Å². The molecule has 3 rings (SSSR count). The minimum atomic E-state index is 0.0562. The largest absolute Gasteiger partial charge is 0.364 e. The van der Waals surface area contributed by atoms with Gasteiger partial charge in [-0.25, -0.2) is 0 Å². The van der Waals surface area contributed by atoms with Crippen molar-refractivity contribution >= 4 is 33.0 Å². The van der Waals surface area contributed by atoms with Crippen molar-refractivity contribution in [1.82, 2.24) is 0 Å². The lowest BCUT2D eigenvalue weighted by Gasteiger charge is -2.36. The van der Waals surface area contributed by atoms with E-state index in [2.05, 4.69) is 57.4 Å². The number of rotatable bonds is 2. The molecule has 0 fully saturated rings. The first-order valence-corrected chi connectivity index (χ1v) is 8.63. The molecule has 1 aliphatic rings. The first-order chi connectivity index (χ1) is 9.58. The first kappa shape index (κ1) is 14.1. The SMILES string of the molecule is CC1c2ccsc2CCN1c1ccc([C@H](C)N)c(Br)c1. The number of nitrogens with two attached hydrogens (primary N) is 1. The lowest BCUT2D eigenvalue weighted by Crippen LogP contribution is -2.33. The molecule has 0 radical (unpaired) electrons. The van der Waals surface area contributed by atoms with E-state index in [1.165, 1.54) is 11.3 Å². The predicted molar refractivity (Wildman–Crippen MR) is 90.5 cm³/mol. The van der Waals surface area contributed by atoms with E-state index in [0.29, 0.717) is 6.04 Å². The molecule has 2 nitrogen and oxygen atoms in total. The summed E-state index contributed by atoms with van der Waals surface area (Å²) in [5.74, 6) is 0. The fraction of sp³-hybridized carbons (Fsp3) is 0.375. The monoisotopic (exact) mass is 350 g/mol. The summed E-state index contributed by atoms with van der Waals surface area (Å²) in [6.07, 6.45) is 1.14. The molecule has 1 aromatic heterocycles. The van der Waals surface area contributed by atoms with Crippen LogP contribution in [0.3, 0.4) is 0 Å². The van der Waals surface area contributed by atoms with E-state index in [9.17, 15) is 0 Å². The van der Waals surface area contributed by atoms with Crippen molar-refractivity contribution in [3.63, 3.8) is 0 Å². The molecule has 4 heteroatoms. The molecule has 0 saturated carbocycles.